The maximum absolute atomic E-state index is 10.3. The minimum Gasteiger partial charge on any atom is -0.493 e. The van der Waals surface area contributed by atoms with Gasteiger partial charge in [-0.05, 0) is 42.4 Å². The second-order valence-electron chi connectivity index (χ2n) is 6.22. The van der Waals surface area contributed by atoms with Crippen LogP contribution in [0.2, 0.25) is 0 Å². The van der Waals surface area contributed by atoms with Crippen molar-refractivity contribution in [3.8, 4) is 5.75 Å². The summed E-state index contributed by atoms with van der Waals surface area (Å²) in [4.78, 5) is 0. The van der Waals surface area contributed by atoms with Gasteiger partial charge >= 0.3 is 0 Å². The molecule has 1 saturated carbocycles. The number of aliphatic hydroxyl groups is 1. The highest BCUT2D eigenvalue weighted by molar-refractivity contribution is 5.30. The van der Waals surface area contributed by atoms with E-state index < -0.39 is 6.10 Å². The number of rotatable bonds is 6. The molecule has 20 heavy (non-hydrogen) atoms. The lowest BCUT2D eigenvalue weighted by Gasteiger charge is -2.22. The molecular formula is C18H28O2. The summed E-state index contributed by atoms with van der Waals surface area (Å²) in [5, 5.41) is 10.3. The molecule has 0 bridgehead atoms. The van der Waals surface area contributed by atoms with Gasteiger partial charge in [-0.1, -0.05) is 51.7 Å². The Hall–Kier alpha value is -1.02. The quantitative estimate of drug-likeness (QED) is 0.814. The zero-order chi connectivity index (χ0) is 14.4. The summed E-state index contributed by atoms with van der Waals surface area (Å²) in [6, 6.07) is 7.97. The smallest absolute Gasteiger partial charge is 0.119 e. The fraction of sp³-hybridized carbons (Fsp3) is 0.667. The van der Waals surface area contributed by atoms with E-state index in [2.05, 4.69) is 13.8 Å². The third-order valence-electron chi connectivity index (χ3n) is 4.59. The Morgan fingerprint density at radius 2 is 2.00 bits per heavy atom. The van der Waals surface area contributed by atoms with Crippen molar-refractivity contribution in [2.45, 2.75) is 58.5 Å². The van der Waals surface area contributed by atoms with Crippen LogP contribution in [0.5, 0.6) is 5.75 Å². The number of aliphatic hydroxyl groups excluding tert-OH is 1. The summed E-state index contributed by atoms with van der Waals surface area (Å²) in [7, 11) is 0. The summed E-state index contributed by atoms with van der Waals surface area (Å²) < 4.78 is 5.94. The molecule has 2 nitrogen and oxygen atoms in total. The van der Waals surface area contributed by atoms with Crippen molar-refractivity contribution in [2.24, 2.45) is 11.8 Å². The molecular weight excluding hydrogens is 248 g/mol. The van der Waals surface area contributed by atoms with Crippen LogP contribution in [0, 0.1) is 11.8 Å². The molecule has 0 unspecified atom stereocenters. The van der Waals surface area contributed by atoms with Gasteiger partial charge in [-0.25, -0.2) is 0 Å². The molecule has 0 heterocycles. The molecule has 112 valence electrons. The van der Waals surface area contributed by atoms with E-state index in [0.717, 1.165) is 24.3 Å². The molecule has 2 atom stereocenters. The molecule has 1 aliphatic rings. The Bertz CT molecular complexity index is 396. The molecule has 1 N–H and O–H groups in total. The molecule has 2 rings (SSSR count). The van der Waals surface area contributed by atoms with Crippen LogP contribution in [0.1, 0.15) is 64.0 Å². The van der Waals surface area contributed by atoms with Crippen molar-refractivity contribution >= 4 is 0 Å². The van der Waals surface area contributed by atoms with E-state index in [-0.39, 0.29) is 5.92 Å². The Morgan fingerprint density at radius 1 is 1.25 bits per heavy atom. The van der Waals surface area contributed by atoms with Gasteiger partial charge in [0, 0.05) is 0 Å². The van der Waals surface area contributed by atoms with Gasteiger partial charge in [0.25, 0.3) is 0 Å². The third kappa shape index (κ3) is 4.24. The lowest BCUT2D eigenvalue weighted by atomic mass is 9.90. The first kappa shape index (κ1) is 15.4. The van der Waals surface area contributed by atoms with E-state index in [1.54, 1.807) is 0 Å². The Balaban J connectivity index is 1.91. The fourth-order valence-corrected chi connectivity index (χ4v) is 2.91. The maximum atomic E-state index is 10.3. The number of ether oxygens (including phenoxy) is 1. The SMILES string of the molecule is CC[C@@H](C)[C@@H](O)c1cccc(OCC2CCCCC2)c1. The van der Waals surface area contributed by atoms with Gasteiger partial charge in [-0.15, -0.1) is 0 Å². The summed E-state index contributed by atoms with van der Waals surface area (Å²) in [6.07, 6.45) is 7.27. The van der Waals surface area contributed by atoms with Gasteiger partial charge < -0.3 is 9.84 Å². The lowest BCUT2D eigenvalue weighted by Crippen LogP contribution is -2.15. The van der Waals surface area contributed by atoms with E-state index in [0.29, 0.717) is 5.92 Å². The van der Waals surface area contributed by atoms with Crippen LogP contribution in [0.25, 0.3) is 0 Å². The first-order chi connectivity index (χ1) is 9.70. The maximum Gasteiger partial charge on any atom is 0.119 e. The minimum atomic E-state index is -0.391. The monoisotopic (exact) mass is 276 g/mol. The van der Waals surface area contributed by atoms with E-state index in [1.807, 2.05) is 24.3 Å². The zero-order valence-electron chi connectivity index (χ0n) is 12.8. The first-order valence-electron chi connectivity index (χ1n) is 8.11. The summed E-state index contributed by atoms with van der Waals surface area (Å²) in [5.74, 6) is 1.89. The Kier molecular flexibility index (Phi) is 5.90. The summed E-state index contributed by atoms with van der Waals surface area (Å²) >= 11 is 0. The van der Waals surface area contributed by atoms with Crippen molar-refractivity contribution in [1.29, 1.82) is 0 Å². The summed E-state index contributed by atoms with van der Waals surface area (Å²) in [5.41, 5.74) is 0.973. The largest absolute Gasteiger partial charge is 0.493 e. The fourth-order valence-electron chi connectivity index (χ4n) is 2.91. The highest BCUT2D eigenvalue weighted by Crippen LogP contribution is 2.28. The van der Waals surface area contributed by atoms with Crippen molar-refractivity contribution in [3.05, 3.63) is 29.8 Å². The predicted molar refractivity (Wildman–Crippen MR) is 82.9 cm³/mol. The van der Waals surface area contributed by atoms with Gasteiger partial charge in [-0.2, -0.15) is 0 Å². The average molecular weight is 276 g/mol. The van der Waals surface area contributed by atoms with Crippen LogP contribution >= 0.6 is 0 Å². The standard InChI is InChI=1S/C18H28O2/c1-3-14(2)18(19)16-10-7-11-17(12-16)20-13-15-8-5-4-6-9-15/h7,10-12,14-15,18-19H,3-6,8-9,13H2,1-2H3/t14-,18-/m1/s1. The van der Waals surface area contributed by atoms with Crippen LogP contribution in [0.15, 0.2) is 24.3 Å². The second-order valence-corrected chi connectivity index (χ2v) is 6.22. The molecule has 1 aromatic carbocycles. The van der Waals surface area contributed by atoms with Crippen molar-refractivity contribution < 1.29 is 9.84 Å². The second kappa shape index (κ2) is 7.68. The van der Waals surface area contributed by atoms with Crippen LogP contribution in [0.4, 0.5) is 0 Å². The first-order valence-corrected chi connectivity index (χ1v) is 8.11. The number of benzene rings is 1. The van der Waals surface area contributed by atoms with Gasteiger partial charge in [0.05, 0.1) is 12.7 Å². The van der Waals surface area contributed by atoms with Gasteiger partial charge in [-0.3, -0.25) is 0 Å². The molecule has 0 saturated heterocycles. The molecule has 1 fully saturated rings. The molecule has 0 spiro atoms. The molecule has 0 aliphatic heterocycles. The van der Waals surface area contributed by atoms with Crippen LogP contribution in [-0.2, 0) is 0 Å². The molecule has 0 amide bonds. The average Bonchev–Trinajstić information content (AvgIpc) is 2.52. The van der Waals surface area contributed by atoms with Crippen LogP contribution in [-0.4, -0.2) is 11.7 Å². The number of hydrogen-bond donors (Lipinski definition) is 1. The Morgan fingerprint density at radius 3 is 2.70 bits per heavy atom. The van der Waals surface area contributed by atoms with Gasteiger partial charge in [0.15, 0.2) is 0 Å². The minimum absolute atomic E-state index is 0.281. The predicted octanol–water partition coefficient (Wildman–Crippen LogP) is 4.73. The van der Waals surface area contributed by atoms with E-state index in [4.69, 9.17) is 4.74 Å². The van der Waals surface area contributed by atoms with Crippen LogP contribution < -0.4 is 4.74 Å². The zero-order valence-corrected chi connectivity index (χ0v) is 12.8. The van der Waals surface area contributed by atoms with Crippen molar-refractivity contribution in [1.82, 2.24) is 0 Å². The molecule has 0 aromatic heterocycles. The highest BCUT2D eigenvalue weighted by Gasteiger charge is 2.16. The lowest BCUT2D eigenvalue weighted by molar-refractivity contribution is 0.115. The van der Waals surface area contributed by atoms with E-state index >= 15 is 0 Å². The highest BCUT2D eigenvalue weighted by atomic mass is 16.5. The molecule has 2 heteroatoms. The van der Waals surface area contributed by atoms with Crippen molar-refractivity contribution in [3.63, 3.8) is 0 Å². The molecule has 1 aliphatic carbocycles. The molecule has 0 radical (unpaired) electrons. The number of hydrogen-bond acceptors (Lipinski definition) is 2. The Labute approximate surface area is 123 Å². The van der Waals surface area contributed by atoms with Crippen molar-refractivity contribution in [2.75, 3.05) is 6.61 Å². The summed E-state index contributed by atoms with van der Waals surface area (Å²) in [6.45, 7) is 5.01. The van der Waals surface area contributed by atoms with Crippen LogP contribution in [0.3, 0.4) is 0 Å². The third-order valence-corrected chi connectivity index (χ3v) is 4.59. The normalized spacial score (nSPS) is 19.6. The molecule has 1 aromatic rings. The van der Waals surface area contributed by atoms with Gasteiger partial charge in [0.1, 0.15) is 5.75 Å². The van der Waals surface area contributed by atoms with E-state index in [1.165, 1.54) is 32.1 Å². The van der Waals surface area contributed by atoms with Gasteiger partial charge in [0.2, 0.25) is 0 Å². The topological polar surface area (TPSA) is 29.5 Å². The van der Waals surface area contributed by atoms with E-state index in [9.17, 15) is 5.11 Å².